The normalized spacial score (nSPS) is 17.7. The molecule has 1 aliphatic heterocycles. The molecule has 0 amide bonds. The van der Waals surface area contributed by atoms with Crippen LogP contribution in [0.5, 0.6) is 17.2 Å². The van der Waals surface area contributed by atoms with E-state index in [1.54, 1.807) is 26.0 Å². The first-order chi connectivity index (χ1) is 24.7. The van der Waals surface area contributed by atoms with Gasteiger partial charge in [-0.2, -0.15) is 0 Å². The van der Waals surface area contributed by atoms with Crippen LogP contribution in [0.2, 0.25) is 0 Å². The zero-order valence-corrected chi connectivity index (χ0v) is 29.9. The zero-order valence-electron chi connectivity index (χ0n) is 29.9. The van der Waals surface area contributed by atoms with Crippen molar-refractivity contribution < 1.29 is 47.5 Å². The molecule has 0 bridgehead atoms. The van der Waals surface area contributed by atoms with Crippen molar-refractivity contribution in [2.45, 2.75) is 58.7 Å². The fraction of sp³-hybridized carbons (Fsp3) is 0.341. The van der Waals surface area contributed by atoms with Crippen LogP contribution in [-0.4, -0.2) is 70.4 Å². The van der Waals surface area contributed by atoms with Crippen molar-refractivity contribution in [1.29, 1.82) is 0 Å². The monoisotopic (exact) mass is 696 g/mol. The van der Waals surface area contributed by atoms with Crippen LogP contribution in [0.1, 0.15) is 79.2 Å². The van der Waals surface area contributed by atoms with Gasteiger partial charge in [0.1, 0.15) is 28.9 Å². The van der Waals surface area contributed by atoms with Crippen molar-refractivity contribution >= 4 is 17.5 Å². The van der Waals surface area contributed by atoms with Gasteiger partial charge in [-0.15, -0.1) is 0 Å². The highest BCUT2D eigenvalue weighted by Crippen LogP contribution is 2.42. The molecule has 10 heteroatoms. The van der Waals surface area contributed by atoms with Gasteiger partial charge in [0.25, 0.3) is 0 Å². The minimum Gasteiger partial charge on any atom is -0.496 e. The van der Waals surface area contributed by atoms with Gasteiger partial charge in [0.15, 0.2) is 11.6 Å². The van der Waals surface area contributed by atoms with Crippen LogP contribution in [0, 0.1) is 6.92 Å². The fourth-order valence-corrected chi connectivity index (χ4v) is 6.29. The van der Waals surface area contributed by atoms with Crippen LogP contribution >= 0.6 is 0 Å². The molecular weight excluding hydrogens is 652 g/mol. The van der Waals surface area contributed by atoms with Gasteiger partial charge in [0, 0.05) is 17.5 Å². The molecule has 0 radical (unpaired) electrons. The summed E-state index contributed by atoms with van der Waals surface area (Å²) in [7, 11) is 4.22. The Kier molecular flexibility index (Phi) is 12.6. The quantitative estimate of drug-likeness (QED) is 0.135. The second-order valence-corrected chi connectivity index (χ2v) is 12.1. The molecule has 1 saturated heterocycles. The summed E-state index contributed by atoms with van der Waals surface area (Å²) in [6.07, 6.45) is 1.14. The molecule has 4 aromatic rings. The Balaban J connectivity index is 0.000000201. The predicted molar refractivity (Wildman–Crippen MR) is 190 cm³/mol. The van der Waals surface area contributed by atoms with E-state index in [1.165, 1.54) is 38.5 Å². The summed E-state index contributed by atoms with van der Waals surface area (Å²) < 4.78 is 39.0. The van der Waals surface area contributed by atoms with E-state index in [2.05, 4.69) is 31.2 Å². The van der Waals surface area contributed by atoms with Crippen LogP contribution in [0.15, 0.2) is 78.9 Å². The SMILES string of the molecule is CC1C[C@@H](OCc2ccccc2)C(OCc2ccccc2)CO1.CCOC(=O)c1c(OC)cc2c(c1C)C(=O)c1c(OC)ccc(OC)c1C2=O. The highest BCUT2D eigenvalue weighted by atomic mass is 16.6. The van der Waals surface area contributed by atoms with E-state index in [0.717, 1.165) is 6.42 Å². The molecular formula is C41H44O10. The molecule has 6 rings (SSSR count). The number of methoxy groups -OCH3 is 3. The maximum absolute atomic E-state index is 13.4. The summed E-state index contributed by atoms with van der Waals surface area (Å²) in [5.74, 6) is -0.758. The summed E-state index contributed by atoms with van der Waals surface area (Å²) in [5.41, 5.74) is 3.32. The van der Waals surface area contributed by atoms with Crippen molar-refractivity contribution in [3.63, 3.8) is 0 Å². The lowest BCUT2D eigenvalue weighted by molar-refractivity contribution is -0.167. The maximum Gasteiger partial charge on any atom is 0.342 e. The van der Waals surface area contributed by atoms with Crippen LogP contribution in [0.4, 0.5) is 0 Å². The molecule has 4 aromatic carbocycles. The lowest BCUT2D eigenvalue weighted by Gasteiger charge is -2.34. The van der Waals surface area contributed by atoms with Crippen molar-refractivity contribution in [2.24, 2.45) is 0 Å². The minimum absolute atomic E-state index is 0.0184. The third-order valence-corrected chi connectivity index (χ3v) is 8.87. The summed E-state index contributed by atoms with van der Waals surface area (Å²) in [6, 6.07) is 25.0. The van der Waals surface area contributed by atoms with E-state index in [0.29, 0.717) is 25.4 Å². The largest absolute Gasteiger partial charge is 0.496 e. The molecule has 3 atom stereocenters. The maximum atomic E-state index is 13.4. The van der Waals surface area contributed by atoms with E-state index >= 15 is 0 Å². The Morgan fingerprint density at radius 1 is 0.725 bits per heavy atom. The Morgan fingerprint density at radius 3 is 1.78 bits per heavy atom. The van der Waals surface area contributed by atoms with Gasteiger partial charge >= 0.3 is 5.97 Å². The van der Waals surface area contributed by atoms with Crippen molar-refractivity contribution in [1.82, 2.24) is 0 Å². The fourth-order valence-electron chi connectivity index (χ4n) is 6.29. The first-order valence-corrected chi connectivity index (χ1v) is 16.9. The standard InChI is InChI=1S/C21H20O7.C20H24O3/c1-6-28-21(24)16-10(2)15-11(9-14(16)27-5)19(22)17-12(25-3)7-8-13(26-4)18(17)20(15)23;1-16-12-19(22-13-17-8-4-2-5-9-17)20(15-21-16)23-14-18-10-6-3-7-11-18/h7-9H,6H2,1-5H3;2-11,16,19-20H,12-15H2,1H3/t;16?,19-,20?/m.1/s1. The van der Waals surface area contributed by atoms with Gasteiger partial charge in [-0.25, -0.2) is 4.79 Å². The van der Waals surface area contributed by atoms with E-state index in [-0.39, 0.29) is 70.0 Å². The molecule has 2 aliphatic rings. The third-order valence-electron chi connectivity index (χ3n) is 8.87. The van der Waals surface area contributed by atoms with Crippen molar-refractivity contribution in [2.75, 3.05) is 34.5 Å². The molecule has 0 spiro atoms. The number of fused-ring (bicyclic) bond motifs is 2. The first kappa shape index (κ1) is 37.2. The average molecular weight is 697 g/mol. The van der Waals surface area contributed by atoms with Gasteiger partial charge in [-0.05, 0) is 55.7 Å². The number of carbonyl (C=O) groups excluding carboxylic acids is 3. The molecule has 268 valence electrons. The van der Waals surface area contributed by atoms with Gasteiger partial charge in [0.05, 0.1) is 71.1 Å². The molecule has 1 aliphatic carbocycles. The molecule has 1 heterocycles. The number of esters is 1. The molecule has 0 saturated carbocycles. The Morgan fingerprint density at radius 2 is 1.25 bits per heavy atom. The summed E-state index contributed by atoms with van der Waals surface area (Å²) >= 11 is 0. The summed E-state index contributed by atoms with van der Waals surface area (Å²) in [4.78, 5) is 39.1. The number of ketones is 2. The van der Waals surface area contributed by atoms with Gasteiger partial charge in [-0.3, -0.25) is 9.59 Å². The topological polar surface area (TPSA) is 116 Å². The third kappa shape index (κ3) is 8.31. The van der Waals surface area contributed by atoms with E-state index in [9.17, 15) is 14.4 Å². The number of benzene rings is 4. The number of ether oxygens (including phenoxy) is 7. The summed E-state index contributed by atoms with van der Waals surface area (Å²) in [5, 5.41) is 0. The van der Waals surface area contributed by atoms with Crippen LogP contribution in [0.25, 0.3) is 0 Å². The molecule has 2 unspecified atom stereocenters. The van der Waals surface area contributed by atoms with E-state index in [4.69, 9.17) is 33.2 Å². The van der Waals surface area contributed by atoms with Crippen LogP contribution < -0.4 is 14.2 Å². The molecule has 0 aromatic heterocycles. The average Bonchev–Trinajstić information content (AvgIpc) is 3.15. The lowest BCUT2D eigenvalue weighted by Crippen LogP contribution is -2.43. The van der Waals surface area contributed by atoms with Gasteiger partial charge in [-0.1, -0.05) is 60.7 Å². The highest BCUT2D eigenvalue weighted by Gasteiger charge is 2.39. The second-order valence-electron chi connectivity index (χ2n) is 12.1. The zero-order chi connectivity index (χ0) is 36.5. The lowest BCUT2D eigenvalue weighted by atomic mass is 9.79. The second kappa shape index (κ2) is 17.3. The Hall–Kier alpha value is -5.03. The number of hydrogen-bond donors (Lipinski definition) is 0. The van der Waals surface area contributed by atoms with Crippen LogP contribution in [-0.2, 0) is 32.2 Å². The Bertz CT molecular complexity index is 1840. The Labute approximate surface area is 298 Å². The minimum atomic E-state index is -0.622. The highest BCUT2D eigenvalue weighted by molar-refractivity contribution is 6.31. The predicted octanol–water partition coefficient (Wildman–Crippen LogP) is 6.94. The molecule has 10 nitrogen and oxygen atoms in total. The summed E-state index contributed by atoms with van der Waals surface area (Å²) in [6.45, 7) is 7.33. The smallest absolute Gasteiger partial charge is 0.342 e. The van der Waals surface area contributed by atoms with E-state index in [1.807, 2.05) is 36.4 Å². The van der Waals surface area contributed by atoms with Crippen molar-refractivity contribution in [3.05, 3.63) is 123 Å². The van der Waals surface area contributed by atoms with E-state index < -0.39 is 17.5 Å². The molecule has 51 heavy (non-hydrogen) atoms. The first-order valence-electron chi connectivity index (χ1n) is 16.9. The number of rotatable bonds is 11. The number of hydrogen-bond acceptors (Lipinski definition) is 10. The molecule has 0 N–H and O–H groups in total. The molecule has 1 fully saturated rings. The van der Waals surface area contributed by atoms with Crippen molar-refractivity contribution in [3.8, 4) is 17.2 Å². The van der Waals surface area contributed by atoms with Crippen LogP contribution in [0.3, 0.4) is 0 Å². The number of carbonyl (C=O) groups is 3. The van der Waals surface area contributed by atoms with Gasteiger partial charge < -0.3 is 33.2 Å². The van der Waals surface area contributed by atoms with Gasteiger partial charge in [0.2, 0.25) is 0 Å².